The highest BCUT2D eigenvalue weighted by atomic mass is 32.2. The summed E-state index contributed by atoms with van der Waals surface area (Å²) in [6.45, 7) is -1.71. The van der Waals surface area contributed by atoms with E-state index in [-0.39, 0.29) is 0 Å². The molecule has 19 heavy (non-hydrogen) atoms. The van der Waals surface area contributed by atoms with Crippen molar-refractivity contribution in [3.63, 3.8) is 0 Å². The second kappa shape index (κ2) is 6.68. The van der Waals surface area contributed by atoms with Crippen molar-refractivity contribution in [3.05, 3.63) is 48.0 Å². The third-order valence-corrected chi connectivity index (χ3v) is 3.64. The molecule has 102 valence electrons. The minimum absolute atomic E-state index is 0.388. The van der Waals surface area contributed by atoms with Crippen molar-refractivity contribution < 1.29 is 8.78 Å². The van der Waals surface area contributed by atoms with E-state index < -0.39 is 6.55 Å². The zero-order valence-corrected chi connectivity index (χ0v) is 11.3. The van der Waals surface area contributed by atoms with Gasteiger partial charge in [-0.1, -0.05) is 12.1 Å². The van der Waals surface area contributed by atoms with Gasteiger partial charge in [0.2, 0.25) is 0 Å². The molecule has 0 amide bonds. The topological polar surface area (TPSA) is 29.9 Å². The lowest BCUT2D eigenvalue weighted by Gasteiger charge is -2.06. The fourth-order valence-electron chi connectivity index (χ4n) is 1.69. The lowest BCUT2D eigenvalue weighted by molar-refractivity contribution is 0.0678. The van der Waals surface area contributed by atoms with Crippen LogP contribution >= 0.6 is 11.8 Å². The van der Waals surface area contributed by atoms with Gasteiger partial charge in [-0.2, -0.15) is 8.78 Å². The van der Waals surface area contributed by atoms with Crippen molar-refractivity contribution in [3.8, 4) is 0 Å². The minimum Gasteiger partial charge on any atom is -0.316 e. The first-order chi connectivity index (χ1) is 9.20. The number of benzene rings is 1. The van der Waals surface area contributed by atoms with E-state index in [0.29, 0.717) is 11.6 Å². The number of rotatable bonds is 6. The smallest absolute Gasteiger partial charge is 0.316 e. The van der Waals surface area contributed by atoms with Gasteiger partial charge < -0.3 is 5.32 Å². The Morgan fingerprint density at radius 2 is 2.05 bits per heavy atom. The summed E-state index contributed by atoms with van der Waals surface area (Å²) in [5.74, 6) is 0.821. The Bertz CT molecular complexity index is 511. The van der Waals surface area contributed by atoms with Crippen molar-refractivity contribution >= 4 is 11.8 Å². The molecule has 0 bridgehead atoms. The number of alkyl halides is 2. The molecular formula is C13H15F2N3S. The monoisotopic (exact) mass is 283 g/mol. The normalized spacial score (nSPS) is 11.2. The van der Waals surface area contributed by atoms with Crippen molar-refractivity contribution in [1.29, 1.82) is 0 Å². The number of hydrogen-bond acceptors (Lipinski definition) is 3. The van der Waals surface area contributed by atoms with E-state index >= 15 is 0 Å². The number of hydrogen-bond donors (Lipinski definition) is 1. The second-order valence-corrected chi connectivity index (χ2v) is 5.04. The zero-order chi connectivity index (χ0) is 13.7. The highest BCUT2D eigenvalue weighted by molar-refractivity contribution is 7.98. The van der Waals surface area contributed by atoms with Crippen LogP contribution in [0.5, 0.6) is 0 Å². The summed E-state index contributed by atoms with van der Waals surface area (Å²) >= 11 is 1.50. The molecule has 0 aliphatic rings. The third kappa shape index (κ3) is 3.78. The van der Waals surface area contributed by atoms with Gasteiger partial charge in [0.25, 0.3) is 0 Å². The minimum atomic E-state index is -2.53. The van der Waals surface area contributed by atoms with Crippen molar-refractivity contribution in [1.82, 2.24) is 14.9 Å². The molecule has 0 radical (unpaired) electrons. The summed E-state index contributed by atoms with van der Waals surface area (Å²) in [5.41, 5.74) is 1.20. The predicted octanol–water partition coefficient (Wildman–Crippen LogP) is 3.29. The Kier molecular flexibility index (Phi) is 4.93. The van der Waals surface area contributed by atoms with Gasteiger partial charge in [0.15, 0.2) is 0 Å². The molecule has 0 aliphatic carbocycles. The molecule has 1 N–H and O–H groups in total. The molecule has 0 saturated heterocycles. The number of imidazole rings is 1. The lowest BCUT2D eigenvalue weighted by Crippen LogP contribution is -2.04. The van der Waals surface area contributed by atoms with E-state index in [1.54, 1.807) is 0 Å². The number of aromatic nitrogens is 2. The van der Waals surface area contributed by atoms with Crippen LogP contribution in [-0.2, 0) is 12.3 Å². The first-order valence-corrected chi connectivity index (χ1v) is 6.85. The van der Waals surface area contributed by atoms with Crippen molar-refractivity contribution in [2.45, 2.75) is 23.7 Å². The molecule has 1 aromatic heterocycles. The quantitative estimate of drug-likeness (QED) is 0.825. The first-order valence-electron chi connectivity index (χ1n) is 5.87. The first kappa shape index (κ1) is 14.0. The van der Waals surface area contributed by atoms with Gasteiger partial charge in [0.1, 0.15) is 5.82 Å². The van der Waals surface area contributed by atoms with Gasteiger partial charge in [-0.3, -0.25) is 4.57 Å². The fraction of sp³-hybridized carbons (Fsp3) is 0.308. The average molecular weight is 283 g/mol. The van der Waals surface area contributed by atoms with Crippen LogP contribution in [-0.4, -0.2) is 16.6 Å². The average Bonchev–Trinajstić information content (AvgIpc) is 2.87. The van der Waals surface area contributed by atoms with Gasteiger partial charge >= 0.3 is 6.55 Å². The number of thioether (sulfide) groups is 1. The maximum Gasteiger partial charge on any atom is 0.319 e. The summed E-state index contributed by atoms with van der Waals surface area (Å²) in [7, 11) is 1.90. The molecule has 2 aromatic rings. The van der Waals surface area contributed by atoms with Crippen LogP contribution in [0.3, 0.4) is 0 Å². The summed E-state index contributed by atoms with van der Waals surface area (Å²) < 4.78 is 26.2. The van der Waals surface area contributed by atoms with Crippen LogP contribution in [0.2, 0.25) is 0 Å². The van der Waals surface area contributed by atoms with E-state index in [9.17, 15) is 8.78 Å². The van der Waals surface area contributed by atoms with Gasteiger partial charge in [0, 0.05) is 23.8 Å². The molecule has 2 rings (SSSR count). The third-order valence-electron chi connectivity index (χ3n) is 2.63. The van der Waals surface area contributed by atoms with Gasteiger partial charge in [-0.15, -0.1) is 11.8 Å². The molecule has 6 heteroatoms. The standard InChI is InChI=1S/C13H15F2N3S/c1-16-8-10-2-4-11(5-3-10)19-9-12-17-6-7-18(12)13(14)15/h2-7,13,16H,8-9H2,1H3. The zero-order valence-electron chi connectivity index (χ0n) is 10.5. The molecule has 0 unspecified atom stereocenters. The molecule has 0 atom stereocenters. The van der Waals surface area contributed by atoms with Crippen LogP contribution in [0.25, 0.3) is 0 Å². The molecule has 0 fully saturated rings. The number of nitrogens with one attached hydrogen (secondary N) is 1. The second-order valence-electron chi connectivity index (χ2n) is 3.99. The highest BCUT2D eigenvalue weighted by Crippen LogP contribution is 2.24. The molecule has 3 nitrogen and oxygen atoms in total. The van der Waals surface area contributed by atoms with Gasteiger partial charge in [-0.25, -0.2) is 4.98 Å². The Labute approximate surface area is 115 Å². The summed E-state index contributed by atoms with van der Waals surface area (Å²) in [5, 5.41) is 3.07. The lowest BCUT2D eigenvalue weighted by atomic mass is 10.2. The summed E-state index contributed by atoms with van der Waals surface area (Å²) in [6, 6.07) is 8.04. The predicted molar refractivity (Wildman–Crippen MR) is 72.2 cm³/mol. The largest absolute Gasteiger partial charge is 0.319 e. The van der Waals surface area contributed by atoms with Gasteiger partial charge in [0.05, 0.1) is 5.75 Å². The number of nitrogens with zero attached hydrogens (tertiary/aromatic N) is 2. The maximum atomic E-state index is 12.6. The van der Waals surface area contributed by atoms with Crippen LogP contribution in [0.1, 0.15) is 17.9 Å². The Balaban J connectivity index is 1.96. The Morgan fingerprint density at radius 1 is 1.32 bits per heavy atom. The highest BCUT2D eigenvalue weighted by Gasteiger charge is 2.11. The summed E-state index contributed by atoms with van der Waals surface area (Å²) in [4.78, 5) is 5.00. The van der Waals surface area contributed by atoms with Crippen molar-refractivity contribution in [2.75, 3.05) is 7.05 Å². The molecule has 0 spiro atoms. The van der Waals surface area contributed by atoms with E-state index in [1.165, 1.54) is 29.7 Å². The molecule has 0 aliphatic heterocycles. The van der Waals surface area contributed by atoms with E-state index in [4.69, 9.17) is 0 Å². The molecule has 1 heterocycles. The SMILES string of the molecule is CNCc1ccc(SCc2nccn2C(F)F)cc1. The Morgan fingerprint density at radius 3 is 2.68 bits per heavy atom. The van der Waals surface area contributed by atoms with Crippen LogP contribution < -0.4 is 5.32 Å². The van der Waals surface area contributed by atoms with Gasteiger partial charge in [-0.05, 0) is 24.7 Å². The van der Waals surface area contributed by atoms with Crippen molar-refractivity contribution in [2.24, 2.45) is 0 Å². The van der Waals surface area contributed by atoms with E-state index in [0.717, 1.165) is 16.0 Å². The molecular weight excluding hydrogens is 268 g/mol. The van der Waals surface area contributed by atoms with Crippen LogP contribution in [0, 0.1) is 0 Å². The molecule has 0 saturated carbocycles. The number of halogens is 2. The van der Waals surface area contributed by atoms with Crippen LogP contribution in [0.4, 0.5) is 8.78 Å². The van der Waals surface area contributed by atoms with E-state index in [2.05, 4.69) is 10.3 Å². The maximum absolute atomic E-state index is 12.6. The van der Waals surface area contributed by atoms with E-state index in [1.807, 2.05) is 31.3 Å². The molecule has 1 aromatic carbocycles. The Hall–Kier alpha value is -1.40. The van der Waals surface area contributed by atoms with Crippen LogP contribution in [0.15, 0.2) is 41.6 Å². The fourth-order valence-corrected chi connectivity index (χ4v) is 2.54. The summed E-state index contributed by atoms with van der Waals surface area (Å²) in [6.07, 6.45) is 2.70.